The molecule has 0 unspecified atom stereocenters. The molecule has 0 spiro atoms. The SMILES string of the molecule is CCn1cc(NC(=O)c2cc(C)c(C#CCO)s2)cn1. The van der Waals surface area contributed by atoms with Crippen molar-refractivity contribution in [1.29, 1.82) is 0 Å². The summed E-state index contributed by atoms with van der Waals surface area (Å²) in [6.45, 7) is 4.45. The van der Waals surface area contributed by atoms with E-state index in [1.807, 2.05) is 13.8 Å². The van der Waals surface area contributed by atoms with Crippen LogP contribution in [-0.2, 0) is 6.54 Å². The highest BCUT2D eigenvalue weighted by molar-refractivity contribution is 7.14. The van der Waals surface area contributed by atoms with E-state index in [9.17, 15) is 4.79 Å². The maximum atomic E-state index is 12.1. The van der Waals surface area contributed by atoms with E-state index in [1.165, 1.54) is 11.3 Å². The highest BCUT2D eigenvalue weighted by Crippen LogP contribution is 2.22. The maximum Gasteiger partial charge on any atom is 0.265 e. The van der Waals surface area contributed by atoms with Crippen LogP contribution in [0, 0.1) is 18.8 Å². The summed E-state index contributed by atoms with van der Waals surface area (Å²) in [6.07, 6.45) is 3.40. The summed E-state index contributed by atoms with van der Waals surface area (Å²) in [6, 6.07) is 1.80. The summed E-state index contributed by atoms with van der Waals surface area (Å²) in [4.78, 5) is 13.5. The third kappa shape index (κ3) is 3.26. The number of carbonyl (C=O) groups is 1. The van der Waals surface area contributed by atoms with Crippen LogP contribution in [0.4, 0.5) is 5.69 Å². The molecule has 1 amide bonds. The summed E-state index contributed by atoms with van der Waals surface area (Å²) in [7, 11) is 0. The molecule has 0 bridgehead atoms. The molecular weight excluding hydrogens is 274 g/mol. The Labute approximate surface area is 121 Å². The molecule has 20 heavy (non-hydrogen) atoms. The molecule has 2 aromatic rings. The van der Waals surface area contributed by atoms with Gasteiger partial charge in [0.2, 0.25) is 0 Å². The van der Waals surface area contributed by atoms with Gasteiger partial charge in [0, 0.05) is 12.7 Å². The molecular formula is C14H15N3O2S. The minimum Gasteiger partial charge on any atom is -0.384 e. The van der Waals surface area contributed by atoms with Gasteiger partial charge in [-0.3, -0.25) is 9.48 Å². The maximum absolute atomic E-state index is 12.1. The van der Waals surface area contributed by atoms with E-state index in [-0.39, 0.29) is 12.5 Å². The highest BCUT2D eigenvalue weighted by Gasteiger charge is 2.12. The van der Waals surface area contributed by atoms with Gasteiger partial charge in [-0.15, -0.1) is 11.3 Å². The number of aliphatic hydroxyl groups excluding tert-OH is 1. The average Bonchev–Trinajstić information content (AvgIpc) is 3.03. The summed E-state index contributed by atoms with van der Waals surface area (Å²) >= 11 is 1.32. The van der Waals surface area contributed by atoms with Crippen molar-refractivity contribution in [2.45, 2.75) is 20.4 Å². The number of aliphatic hydroxyl groups is 1. The number of rotatable bonds is 3. The second-order valence-electron chi connectivity index (χ2n) is 4.12. The van der Waals surface area contributed by atoms with Gasteiger partial charge in [0.05, 0.1) is 21.6 Å². The molecule has 104 valence electrons. The first-order chi connectivity index (χ1) is 9.63. The van der Waals surface area contributed by atoms with Crippen LogP contribution in [-0.4, -0.2) is 27.4 Å². The first-order valence-corrected chi connectivity index (χ1v) is 6.99. The molecule has 0 aromatic carbocycles. The first kappa shape index (κ1) is 14.3. The second-order valence-corrected chi connectivity index (χ2v) is 5.17. The van der Waals surface area contributed by atoms with Crippen LogP contribution in [0.25, 0.3) is 0 Å². The average molecular weight is 289 g/mol. The lowest BCUT2D eigenvalue weighted by molar-refractivity contribution is 0.103. The fraction of sp³-hybridized carbons (Fsp3) is 0.286. The van der Waals surface area contributed by atoms with E-state index in [1.54, 1.807) is 23.1 Å². The van der Waals surface area contributed by atoms with Crippen LogP contribution in [0.5, 0.6) is 0 Å². The van der Waals surface area contributed by atoms with Gasteiger partial charge in [0.25, 0.3) is 5.91 Å². The van der Waals surface area contributed by atoms with Crippen molar-refractivity contribution in [1.82, 2.24) is 9.78 Å². The van der Waals surface area contributed by atoms with E-state index in [0.29, 0.717) is 10.6 Å². The minimum absolute atomic E-state index is 0.175. The van der Waals surface area contributed by atoms with Crippen LogP contribution in [0.3, 0.4) is 0 Å². The lowest BCUT2D eigenvalue weighted by atomic mass is 10.2. The van der Waals surface area contributed by atoms with Gasteiger partial charge in [0.15, 0.2) is 0 Å². The van der Waals surface area contributed by atoms with Gasteiger partial charge in [0.1, 0.15) is 6.61 Å². The fourth-order valence-electron chi connectivity index (χ4n) is 1.63. The number of amides is 1. The monoisotopic (exact) mass is 289 g/mol. The van der Waals surface area contributed by atoms with Crippen LogP contribution >= 0.6 is 11.3 Å². The Bertz CT molecular complexity index is 676. The Hall–Kier alpha value is -2.10. The molecule has 0 saturated heterocycles. The van der Waals surface area contributed by atoms with Gasteiger partial charge in [-0.25, -0.2) is 0 Å². The van der Waals surface area contributed by atoms with E-state index in [4.69, 9.17) is 5.11 Å². The first-order valence-electron chi connectivity index (χ1n) is 6.18. The van der Waals surface area contributed by atoms with Crippen molar-refractivity contribution < 1.29 is 9.90 Å². The van der Waals surface area contributed by atoms with Crippen molar-refractivity contribution >= 4 is 22.9 Å². The molecule has 6 heteroatoms. The zero-order valence-electron chi connectivity index (χ0n) is 11.3. The number of aromatic nitrogens is 2. The van der Waals surface area contributed by atoms with Crippen molar-refractivity contribution in [3.8, 4) is 11.8 Å². The lowest BCUT2D eigenvalue weighted by Gasteiger charge is -1.98. The van der Waals surface area contributed by atoms with Crippen LogP contribution in [0.15, 0.2) is 18.5 Å². The molecule has 0 aliphatic rings. The van der Waals surface area contributed by atoms with Crippen LogP contribution in [0.1, 0.15) is 27.0 Å². The van der Waals surface area contributed by atoms with Gasteiger partial charge < -0.3 is 10.4 Å². The molecule has 0 aliphatic heterocycles. The van der Waals surface area contributed by atoms with Gasteiger partial charge in [-0.05, 0) is 25.5 Å². The number of nitrogens with zero attached hydrogens (tertiary/aromatic N) is 2. The van der Waals surface area contributed by atoms with E-state index >= 15 is 0 Å². The molecule has 5 nitrogen and oxygen atoms in total. The third-order valence-electron chi connectivity index (χ3n) is 2.64. The van der Waals surface area contributed by atoms with E-state index in [2.05, 4.69) is 22.3 Å². The Balaban J connectivity index is 2.13. The summed E-state index contributed by atoms with van der Waals surface area (Å²) in [5.74, 6) is 5.25. The Morgan fingerprint density at radius 2 is 2.40 bits per heavy atom. The van der Waals surface area contributed by atoms with Crippen LogP contribution < -0.4 is 5.32 Å². The van der Waals surface area contributed by atoms with Crippen LogP contribution in [0.2, 0.25) is 0 Å². The Kier molecular flexibility index (Phi) is 4.56. The van der Waals surface area contributed by atoms with Gasteiger partial charge in [-0.1, -0.05) is 11.8 Å². The van der Waals surface area contributed by atoms with E-state index in [0.717, 1.165) is 17.0 Å². The molecule has 2 rings (SSSR count). The predicted octanol–water partition coefficient (Wildman–Crippen LogP) is 1.87. The standard InChI is InChI=1S/C14H15N3O2S/c1-3-17-9-11(8-15-17)16-14(19)13-7-10(2)12(20-13)5-4-6-18/h7-9,18H,3,6H2,1-2H3,(H,16,19). The Morgan fingerprint density at radius 1 is 1.60 bits per heavy atom. The number of thiophene rings is 1. The molecule has 0 aliphatic carbocycles. The van der Waals surface area contributed by atoms with Crippen molar-refractivity contribution in [2.24, 2.45) is 0 Å². The molecule has 2 aromatic heterocycles. The molecule has 0 fully saturated rings. The summed E-state index contributed by atoms with van der Waals surface area (Å²) < 4.78 is 1.74. The quantitative estimate of drug-likeness (QED) is 0.848. The summed E-state index contributed by atoms with van der Waals surface area (Å²) in [5, 5.41) is 15.6. The number of aryl methyl sites for hydroxylation is 2. The predicted molar refractivity (Wildman–Crippen MR) is 78.9 cm³/mol. The molecule has 0 radical (unpaired) electrons. The fourth-order valence-corrected chi connectivity index (χ4v) is 2.57. The van der Waals surface area contributed by atoms with Gasteiger partial charge >= 0.3 is 0 Å². The zero-order chi connectivity index (χ0) is 14.5. The van der Waals surface area contributed by atoms with Crippen molar-refractivity contribution in [3.63, 3.8) is 0 Å². The van der Waals surface area contributed by atoms with E-state index < -0.39 is 0 Å². The number of carbonyl (C=O) groups excluding carboxylic acids is 1. The third-order valence-corrected chi connectivity index (χ3v) is 3.79. The number of anilines is 1. The molecule has 0 atom stereocenters. The van der Waals surface area contributed by atoms with Gasteiger partial charge in [-0.2, -0.15) is 5.10 Å². The topological polar surface area (TPSA) is 67.2 Å². The summed E-state index contributed by atoms with van der Waals surface area (Å²) in [5.41, 5.74) is 1.61. The largest absolute Gasteiger partial charge is 0.384 e. The zero-order valence-corrected chi connectivity index (χ0v) is 12.1. The molecule has 2 heterocycles. The normalized spacial score (nSPS) is 9.95. The number of hydrogen-bond acceptors (Lipinski definition) is 4. The number of nitrogens with one attached hydrogen (secondary N) is 1. The second kappa shape index (κ2) is 6.37. The molecule has 2 N–H and O–H groups in total. The van der Waals surface area contributed by atoms with Crippen molar-refractivity contribution in [2.75, 3.05) is 11.9 Å². The smallest absolute Gasteiger partial charge is 0.265 e. The minimum atomic E-state index is -0.185. The Morgan fingerprint density at radius 3 is 3.05 bits per heavy atom. The highest BCUT2D eigenvalue weighted by atomic mass is 32.1. The number of hydrogen-bond donors (Lipinski definition) is 2. The lowest BCUT2D eigenvalue weighted by Crippen LogP contribution is -2.09. The van der Waals surface area contributed by atoms with Crippen molar-refractivity contribution in [3.05, 3.63) is 33.8 Å². The molecule has 0 saturated carbocycles.